The summed E-state index contributed by atoms with van der Waals surface area (Å²) in [6.07, 6.45) is 1.87. The molecule has 0 aliphatic rings. The fraction of sp³-hybridized carbons (Fsp3) is 0.143. The molecule has 5 nitrogen and oxygen atoms in total. The first kappa shape index (κ1) is 14.7. The second-order valence-corrected chi connectivity index (χ2v) is 4.20. The molecule has 2 aromatic rings. The number of hydrogen-bond acceptors (Lipinski definition) is 4. The maximum atomic E-state index is 13.8. The van der Waals surface area contributed by atoms with Crippen LogP contribution >= 0.6 is 0 Å². The number of carboxylic acid groups (broad SMARTS) is 1. The highest BCUT2D eigenvalue weighted by Gasteiger charge is 2.13. The van der Waals surface area contributed by atoms with Crippen molar-refractivity contribution >= 4 is 12.0 Å². The summed E-state index contributed by atoms with van der Waals surface area (Å²) in [6, 6.07) is 3.54. The predicted octanol–water partition coefficient (Wildman–Crippen LogP) is 2.94. The van der Waals surface area contributed by atoms with E-state index in [1.807, 2.05) is 0 Å². The second-order valence-electron chi connectivity index (χ2n) is 4.20. The van der Waals surface area contributed by atoms with Crippen LogP contribution in [-0.2, 0) is 11.4 Å². The minimum Gasteiger partial charge on any atom is -0.481 e. The van der Waals surface area contributed by atoms with Gasteiger partial charge >= 0.3 is 5.97 Å². The Kier molecular flexibility index (Phi) is 4.32. The average molecular weight is 295 g/mol. The van der Waals surface area contributed by atoms with E-state index >= 15 is 0 Å². The van der Waals surface area contributed by atoms with Gasteiger partial charge in [0.25, 0.3) is 0 Å². The maximum absolute atomic E-state index is 13.8. The predicted molar refractivity (Wildman–Crippen MR) is 68.6 cm³/mol. The molecular formula is C14H11F2NO4. The molecule has 0 spiro atoms. The first-order valence-corrected chi connectivity index (χ1v) is 5.91. The Labute approximate surface area is 118 Å². The van der Waals surface area contributed by atoms with Gasteiger partial charge in [0.2, 0.25) is 0 Å². The molecule has 0 saturated carbocycles. The largest absolute Gasteiger partial charge is 0.481 e. The number of aliphatic carboxylic acids is 1. The van der Waals surface area contributed by atoms with E-state index in [0.717, 1.165) is 24.3 Å². The van der Waals surface area contributed by atoms with Gasteiger partial charge in [-0.15, -0.1) is 0 Å². The molecule has 0 saturated heterocycles. The number of carboxylic acids is 1. The van der Waals surface area contributed by atoms with E-state index in [-0.39, 0.29) is 12.2 Å². The quantitative estimate of drug-likeness (QED) is 0.859. The van der Waals surface area contributed by atoms with Crippen LogP contribution in [-0.4, -0.2) is 16.2 Å². The molecule has 21 heavy (non-hydrogen) atoms. The highest BCUT2D eigenvalue weighted by atomic mass is 19.1. The third-order valence-electron chi connectivity index (χ3n) is 2.48. The summed E-state index contributed by atoms with van der Waals surface area (Å²) in [5.41, 5.74) is 0.484. The van der Waals surface area contributed by atoms with Gasteiger partial charge in [0.1, 0.15) is 18.1 Å². The third kappa shape index (κ3) is 3.88. The van der Waals surface area contributed by atoms with Crippen LogP contribution in [0.5, 0.6) is 5.75 Å². The lowest BCUT2D eigenvalue weighted by atomic mass is 10.2. The summed E-state index contributed by atoms with van der Waals surface area (Å²) in [7, 11) is 0. The second kappa shape index (κ2) is 6.17. The molecule has 0 amide bonds. The van der Waals surface area contributed by atoms with E-state index in [1.54, 1.807) is 13.0 Å². The molecule has 2 rings (SSSR count). The summed E-state index contributed by atoms with van der Waals surface area (Å²) >= 11 is 0. The van der Waals surface area contributed by atoms with E-state index in [2.05, 4.69) is 5.16 Å². The maximum Gasteiger partial charge on any atom is 0.328 e. The molecule has 0 aliphatic carbocycles. The third-order valence-corrected chi connectivity index (χ3v) is 2.48. The van der Waals surface area contributed by atoms with Gasteiger partial charge < -0.3 is 14.4 Å². The van der Waals surface area contributed by atoms with Gasteiger partial charge in [0, 0.05) is 12.1 Å². The van der Waals surface area contributed by atoms with Crippen LogP contribution < -0.4 is 4.74 Å². The first-order valence-electron chi connectivity index (χ1n) is 5.91. The van der Waals surface area contributed by atoms with E-state index < -0.39 is 23.4 Å². The molecule has 1 N–H and O–H groups in total. The molecule has 0 aliphatic heterocycles. The van der Waals surface area contributed by atoms with Crippen LogP contribution in [0.2, 0.25) is 0 Å². The Morgan fingerprint density at radius 2 is 2.05 bits per heavy atom. The van der Waals surface area contributed by atoms with E-state index in [0.29, 0.717) is 11.5 Å². The van der Waals surface area contributed by atoms with Gasteiger partial charge in [-0.3, -0.25) is 0 Å². The monoisotopic (exact) mass is 295 g/mol. The molecule has 7 heteroatoms. The lowest BCUT2D eigenvalue weighted by molar-refractivity contribution is -0.131. The summed E-state index contributed by atoms with van der Waals surface area (Å²) in [5, 5.41) is 12.1. The van der Waals surface area contributed by atoms with Crippen molar-refractivity contribution in [1.29, 1.82) is 0 Å². The number of nitrogens with zero attached hydrogens (tertiary/aromatic N) is 1. The summed E-state index contributed by atoms with van der Waals surface area (Å²) in [4.78, 5) is 10.4. The minimum atomic E-state index is -1.21. The van der Waals surface area contributed by atoms with Crippen LogP contribution in [0.1, 0.15) is 17.0 Å². The Balaban J connectivity index is 2.15. The standard InChI is InChI=1S/C14H11F2NO4/c1-8-4-10(17-21-8)7-20-14-11(15)5-9(6-12(14)16)2-3-13(18)19/h2-6H,7H2,1H3,(H,18,19). The van der Waals surface area contributed by atoms with E-state index in [1.165, 1.54) is 0 Å². The molecule has 1 heterocycles. The first-order chi connectivity index (χ1) is 9.95. The van der Waals surface area contributed by atoms with Crippen LogP contribution in [0.25, 0.3) is 6.08 Å². The fourth-order valence-electron chi connectivity index (χ4n) is 1.61. The SMILES string of the molecule is Cc1cc(COc2c(F)cc(C=CC(=O)O)cc2F)no1. The van der Waals surface area contributed by atoms with Gasteiger partial charge in [-0.1, -0.05) is 5.16 Å². The zero-order valence-corrected chi connectivity index (χ0v) is 11.0. The Hall–Kier alpha value is -2.70. The molecule has 110 valence electrons. The number of aryl methyl sites for hydroxylation is 1. The lowest BCUT2D eigenvalue weighted by Crippen LogP contribution is -2.00. The number of rotatable bonds is 5. The topological polar surface area (TPSA) is 72.6 Å². The van der Waals surface area contributed by atoms with Crippen molar-refractivity contribution in [3.05, 3.63) is 52.9 Å². The Morgan fingerprint density at radius 3 is 2.57 bits per heavy atom. The van der Waals surface area contributed by atoms with Gasteiger partial charge in [-0.2, -0.15) is 0 Å². The van der Waals surface area contributed by atoms with Crippen molar-refractivity contribution in [2.45, 2.75) is 13.5 Å². The van der Waals surface area contributed by atoms with E-state index in [4.69, 9.17) is 14.4 Å². The molecule has 0 unspecified atom stereocenters. The zero-order chi connectivity index (χ0) is 15.4. The van der Waals surface area contributed by atoms with Crippen LogP contribution in [0.4, 0.5) is 8.78 Å². The summed E-state index contributed by atoms with van der Waals surface area (Å²) < 4.78 is 37.3. The van der Waals surface area contributed by atoms with Gasteiger partial charge in [0.05, 0.1) is 0 Å². The number of halogens is 2. The zero-order valence-electron chi connectivity index (χ0n) is 11.0. The Morgan fingerprint density at radius 1 is 1.38 bits per heavy atom. The molecule has 0 fully saturated rings. The number of hydrogen-bond donors (Lipinski definition) is 1. The molecule has 1 aromatic heterocycles. The van der Waals surface area contributed by atoms with Crippen molar-refractivity contribution in [1.82, 2.24) is 5.16 Å². The number of ether oxygens (including phenoxy) is 1. The average Bonchev–Trinajstić information content (AvgIpc) is 2.81. The minimum absolute atomic E-state index is 0.0806. The van der Waals surface area contributed by atoms with Crippen molar-refractivity contribution < 1.29 is 27.9 Å². The van der Waals surface area contributed by atoms with Crippen molar-refractivity contribution in [3.8, 4) is 5.75 Å². The molecule has 0 bridgehead atoms. The van der Waals surface area contributed by atoms with Crippen LogP contribution in [0.15, 0.2) is 28.8 Å². The van der Waals surface area contributed by atoms with Gasteiger partial charge in [0.15, 0.2) is 17.4 Å². The molecule has 0 radical (unpaired) electrons. The van der Waals surface area contributed by atoms with Crippen molar-refractivity contribution in [3.63, 3.8) is 0 Å². The molecular weight excluding hydrogens is 284 g/mol. The van der Waals surface area contributed by atoms with Gasteiger partial charge in [-0.05, 0) is 30.7 Å². The van der Waals surface area contributed by atoms with Crippen LogP contribution in [0, 0.1) is 18.6 Å². The number of aromatic nitrogens is 1. The van der Waals surface area contributed by atoms with Crippen molar-refractivity contribution in [2.24, 2.45) is 0 Å². The number of benzene rings is 1. The Bertz CT molecular complexity index is 671. The van der Waals surface area contributed by atoms with Crippen LogP contribution in [0.3, 0.4) is 0 Å². The van der Waals surface area contributed by atoms with E-state index in [9.17, 15) is 13.6 Å². The van der Waals surface area contributed by atoms with Gasteiger partial charge in [-0.25, -0.2) is 13.6 Å². The number of carbonyl (C=O) groups is 1. The smallest absolute Gasteiger partial charge is 0.328 e. The van der Waals surface area contributed by atoms with Crippen molar-refractivity contribution in [2.75, 3.05) is 0 Å². The normalized spacial score (nSPS) is 11.0. The molecule has 1 aromatic carbocycles. The summed E-state index contributed by atoms with van der Waals surface area (Å²) in [5.74, 6) is -3.06. The molecule has 0 atom stereocenters. The highest BCUT2D eigenvalue weighted by molar-refractivity contribution is 5.85. The fourth-order valence-corrected chi connectivity index (χ4v) is 1.61. The highest BCUT2D eigenvalue weighted by Crippen LogP contribution is 2.25. The summed E-state index contributed by atoms with van der Waals surface area (Å²) in [6.45, 7) is 1.54. The lowest BCUT2D eigenvalue weighted by Gasteiger charge is -2.07.